The van der Waals surface area contributed by atoms with Gasteiger partial charge in [-0.1, -0.05) is 25.1 Å². The smallest absolute Gasteiger partial charge is 0.244 e. The van der Waals surface area contributed by atoms with E-state index in [2.05, 4.69) is 4.98 Å². The van der Waals surface area contributed by atoms with E-state index in [1.54, 1.807) is 37.4 Å². The molecule has 2 aromatic rings. The Hall–Kier alpha value is -2.23. The number of pyridine rings is 1. The molecular formula is C15H15N3O2S. The van der Waals surface area contributed by atoms with E-state index >= 15 is 0 Å². The summed E-state index contributed by atoms with van der Waals surface area (Å²) in [5, 5.41) is 9.08. The van der Waals surface area contributed by atoms with Crippen LogP contribution >= 0.6 is 0 Å². The minimum Gasteiger partial charge on any atom is -0.260 e. The first-order valence-electron chi connectivity index (χ1n) is 6.48. The molecular weight excluding hydrogens is 286 g/mol. The zero-order chi connectivity index (χ0) is 15.3. The molecule has 0 aliphatic heterocycles. The van der Waals surface area contributed by atoms with E-state index in [1.165, 1.54) is 16.4 Å². The highest BCUT2D eigenvalue weighted by Crippen LogP contribution is 2.20. The highest BCUT2D eigenvalue weighted by atomic mass is 32.2. The number of hydrogen-bond donors (Lipinski definition) is 0. The molecule has 108 valence electrons. The maximum atomic E-state index is 12.7. The number of hydrogen-bond acceptors (Lipinski definition) is 4. The third-order valence-corrected chi connectivity index (χ3v) is 5.02. The van der Waals surface area contributed by atoms with Gasteiger partial charge in [0, 0.05) is 12.7 Å². The van der Waals surface area contributed by atoms with Crippen LogP contribution in [0.15, 0.2) is 53.6 Å². The van der Waals surface area contributed by atoms with Gasteiger partial charge in [-0.25, -0.2) is 8.42 Å². The summed E-state index contributed by atoms with van der Waals surface area (Å²) in [5.41, 5.74) is 0.814. The van der Waals surface area contributed by atoms with Crippen LogP contribution in [0.2, 0.25) is 0 Å². The van der Waals surface area contributed by atoms with Crippen molar-refractivity contribution in [1.29, 1.82) is 5.26 Å². The van der Waals surface area contributed by atoms with Crippen molar-refractivity contribution in [1.82, 2.24) is 9.29 Å². The first kappa shape index (κ1) is 15.2. The van der Waals surface area contributed by atoms with E-state index in [9.17, 15) is 8.42 Å². The fourth-order valence-electron chi connectivity index (χ4n) is 1.96. The van der Waals surface area contributed by atoms with Crippen LogP contribution in [0.25, 0.3) is 0 Å². The topological polar surface area (TPSA) is 74.1 Å². The Bertz CT molecular complexity index is 752. The summed E-state index contributed by atoms with van der Waals surface area (Å²) in [6, 6.07) is 13.5. The van der Waals surface area contributed by atoms with Crippen molar-refractivity contribution in [2.24, 2.45) is 0 Å². The number of sulfonamides is 1. The molecule has 0 aliphatic rings. The van der Waals surface area contributed by atoms with Crippen molar-refractivity contribution in [3.8, 4) is 6.07 Å². The van der Waals surface area contributed by atoms with Gasteiger partial charge in [0.15, 0.2) is 0 Å². The van der Waals surface area contributed by atoms with Crippen molar-refractivity contribution in [3.63, 3.8) is 0 Å². The number of benzene rings is 1. The lowest BCUT2D eigenvalue weighted by Gasteiger charge is -2.20. The number of nitrogens with zero attached hydrogens (tertiary/aromatic N) is 3. The molecule has 2 rings (SSSR count). The molecule has 21 heavy (non-hydrogen) atoms. The fourth-order valence-corrected chi connectivity index (χ4v) is 3.52. The predicted molar refractivity (Wildman–Crippen MR) is 78.7 cm³/mol. The fraction of sp³-hybridized carbons (Fsp3) is 0.200. The summed E-state index contributed by atoms with van der Waals surface area (Å²) < 4.78 is 26.7. The number of nitriles is 1. The van der Waals surface area contributed by atoms with E-state index < -0.39 is 10.0 Å². The second-order valence-electron chi connectivity index (χ2n) is 4.36. The van der Waals surface area contributed by atoms with Gasteiger partial charge in [0.2, 0.25) is 10.0 Å². The molecule has 0 bridgehead atoms. The van der Waals surface area contributed by atoms with Gasteiger partial charge in [0.1, 0.15) is 6.07 Å². The third-order valence-electron chi connectivity index (χ3n) is 3.04. The summed E-state index contributed by atoms with van der Waals surface area (Å²) >= 11 is 0. The molecule has 0 N–H and O–H groups in total. The van der Waals surface area contributed by atoms with Gasteiger partial charge in [-0.15, -0.1) is 0 Å². The van der Waals surface area contributed by atoms with Crippen molar-refractivity contribution >= 4 is 10.0 Å². The van der Waals surface area contributed by atoms with Crippen molar-refractivity contribution in [2.45, 2.75) is 18.4 Å². The van der Waals surface area contributed by atoms with E-state index in [1.807, 2.05) is 12.1 Å². The third kappa shape index (κ3) is 3.27. The zero-order valence-electron chi connectivity index (χ0n) is 11.6. The quantitative estimate of drug-likeness (QED) is 0.848. The standard InChI is InChI=1S/C15H15N3O2S/c1-2-18(12-14-8-5-6-10-17-14)21(19,20)15-9-4-3-7-13(15)11-16/h3-10H,2,12H2,1H3. The van der Waals surface area contributed by atoms with Crippen LogP contribution in [0.5, 0.6) is 0 Å². The van der Waals surface area contributed by atoms with Gasteiger partial charge < -0.3 is 0 Å². The number of aromatic nitrogens is 1. The minimum absolute atomic E-state index is 0.0327. The van der Waals surface area contributed by atoms with Crippen LogP contribution in [0, 0.1) is 11.3 Å². The molecule has 0 saturated carbocycles. The molecule has 1 aromatic heterocycles. The highest BCUT2D eigenvalue weighted by Gasteiger charge is 2.26. The van der Waals surface area contributed by atoms with Crippen molar-refractivity contribution < 1.29 is 8.42 Å². The molecule has 1 heterocycles. The second-order valence-corrected chi connectivity index (χ2v) is 6.27. The number of rotatable bonds is 5. The predicted octanol–water partition coefficient (Wildman–Crippen LogP) is 2.16. The Balaban J connectivity index is 2.39. The summed E-state index contributed by atoms with van der Waals surface area (Å²) in [6.45, 7) is 2.24. The van der Waals surface area contributed by atoms with Crippen LogP contribution in [0.1, 0.15) is 18.2 Å². The van der Waals surface area contributed by atoms with Gasteiger partial charge in [0.25, 0.3) is 0 Å². The zero-order valence-corrected chi connectivity index (χ0v) is 12.4. The Labute approximate surface area is 124 Å². The Morgan fingerprint density at radius 3 is 2.52 bits per heavy atom. The van der Waals surface area contributed by atoms with Crippen LogP contribution in [0.3, 0.4) is 0 Å². The first-order chi connectivity index (χ1) is 10.1. The highest BCUT2D eigenvalue weighted by molar-refractivity contribution is 7.89. The summed E-state index contributed by atoms with van der Waals surface area (Å²) in [6.07, 6.45) is 1.62. The molecule has 0 fully saturated rings. The minimum atomic E-state index is -3.72. The molecule has 0 unspecified atom stereocenters. The van der Waals surface area contributed by atoms with Gasteiger partial charge in [-0.3, -0.25) is 4.98 Å². The van der Waals surface area contributed by atoms with E-state index in [4.69, 9.17) is 5.26 Å². The summed E-state index contributed by atoms with van der Waals surface area (Å²) in [4.78, 5) is 4.18. The maximum Gasteiger partial charge on any atom is 0.244 e. The van der Waals surface area contributed by atoms with E-state index in [0.29, 0.717) is 12.2 Å². The Morgan fingerprint density at radius 2 is 1.90 bits per heavy atom. The molecule has 0 aliphatic carbocycles. The average Bonchev–Trinajstić information content (AvgIpc) is 2.53. The van der Waals surface area contributed by atoms with Gasteiger partial charge in [-0.2, -0.15) is 9.57 Å². The molecule has 5 nitrogen and oxygen atoms in total. The Morgan fingerprint density at radius 1 is 1.19 bits per heavy atom. The van der Waals surface area contributed by atoms with Crippen molar-refractivity contribution in [2.75, 3.05) is 6.54 Å². The monoisotopic (exact) mass is 301 g/mol. The first-order valence-corrected chi connectivity index (χ1v) is 7.92. The largest absolute Gasteiger partial charge is 0.260 e. The van der Waals surface area contributed by atoms with Crippen LogP contribution in [0.4, 0.5) is 0 Å². The lowest BCUT2D eigenvalue weighted by Crippen LogP contribution is -2.31. The van der Waals surface area contributed by atoms with Gasteiger partial charge in [-0.05, 0) is 24.3 Å². The van der Waals surface area contributed by atoms with Gasteiger partial charge >= 0.3 is 0 Å². The summed E-state index contributed by atoms with van der Waals surface area (Å²) in [7, 11) is -3.72. The Kier molecular flexibility index (Phi) is 4.68. The normalized spacial score (nSPS) is 11.3. The maximum absolute atomic E-state index is 12.7. The molecule has 0 saturated heterocycles. The van der Waals surface area contributed by atoms with Crippen LogP contribution < -0.4 is 0 Å². The lowest BCUT2D eigenvalue weighted by atomic mass is 10.2. The molecule has 0 amide bonds. The lowest BCUT2D eigenvalue weighted by molar-refractivity contribution is 0.419. The molecule has 1 aromatic carbocycles. The molecule has 0 atom stereocenters. The van der Waals surface area contributed by atoms with E-state index in [-0.39, 0.29) is 17.0 Å². The van der Waals surface area contributed by atoms with Crippen molar-refractivity contribution in [3.05, 3.63) is 59.9 Å². The van der Waals surface area contributed by atoms with E-state index in [0.717, 1.165) is 0 Å². The van der Waals surface area contributed by atoms with Crippen LogP contribution in [-0.2, 0) is 16.6 Å². The molecule has 6 heteroatoms. The molecule has 0 spiro atoms. The average molecular weight is 301 g/mol. The van der Waals surface area contributed by atoms with Gasteiger partial charge in [0.05, 0.1) is 22.7 Å². The van der Waals surface area contributed by atoms with Crippen LogP contribution in [-0.4, -0.2) is 24.3 Å². The second kappa shape index (κ2) is 6.48. The summed E-state index contributed by atoms with van der Waals surface area (Å²) in [5.74, 6) is 0. The molecule has 0 radical (unpaired) electrons. The SMILES string of the molecule is CCN(Cc1ccccn1)S(=O)(=O)c1ccccc1C#N.